The topological polar surface area (TPSA) is 86.0 Å². The molecule has 0 saturated heterocycles. The highest BCUT2D eigenvalue weighted by Gasteiger charge is 2.07. The van der Waals surface area contributed by atoms with Gasteiger partial charge in [-0.3, -0.25) is 4.98 Å². The second-order valence-corrected chi connectivity index (χ2v) is 4.58. The van der Waals surface area contributed by atoms with Crippen molar-refractivity contribution in [2.24, 2.45) is 0 Å². The Morgan fingerprint density at radius 3 is 2.59 bits per heavy atom. The van der Waals surface area contributed by atoms with E-state index < -0.39 is 0 Å². The first-order valence-electron chi connectivity index (χ1n) is 6.70. The van der Waals surface area contributed by atoms with Crippen molar-refractivity contribution in [1.29, 1.82) is 0 Å². The first-order chi connectivity index (χ1) is 10.8. The molecule has 0 fully saturated rings. The van der Waals surface area contributed by atoms with Crippen LogP contribution in [-0.2, 0) is 0 Å². The van der Waals surface area contributed by atoms with Gasteiger partial charge in [0.2, 0.25) is 0 Å². The van der Waals surface area contributed by atoms with E-state index in [-0.39, 0.29) is 0 Å². The van der Waals surface area contributed by atoms with Gasteiger partial charge in [0.15, 0.2) is 11.6 Å². The van der Waals surface area contributed by atoms with Gasteiger partial charge in [-0.2, -0.15) is 0 Å². The molecule has 1 aromatic carbocycles. The van der Waals surface area contributed by atoms with Crippen molar-refractivity contribution < 1.29 is 4.74 Å². The third-order valence-electron chi connectivity index (χ3n) is 3.11. The lowest BCUT2D eigenvalue weighted by molar-refractivity contribution is 0.415. The average Bonchev–Trinajstić information content (AvgIpc) is 2.58. The highest BCUT2D eigenvalue weighted by Crippen LogP contribution is 2.24. The van der Waals surface area contributed by atoms with Gasteiger partial charge in [-0.25, -0.2) is 9.97 Å². The minimum absolute atomic E-state index is 0.337. The smallest absolute Gasteiger partial charge is 0.173 e. The Kier molecular flexibility index (Phi) is 3.82. The highest BCUT2D eigenvalue weighted by atomic mass is 16.5. The quantitative estimate of drug-likeness (QED) is 0.769. The number of anilines is 3. The second kappa shape index (κ2) is 6.09. The van der Waals surface area contributed by atoms with Crippen LogP contribution in [0.25, 0.3) is 11.3 Å². The van der Waals surface area contributed by atoms with E-state index in [9.17, 15) is 0 Å². The number of aromatic nitrogens is 3. The minimum Gasteiger partial charge on any atom is -0.497 e. The van der Waals surface area contributed by atoms with Gasteiger partial charge < -0.3 is 15.8 Å². The van der Waals surface area contributed by atoms with Crippen LogP contribution in [-0.4, -0.2) is 22.1 Å². The molecule has 0 aliphatic rings. The summed E-state index contributed by atoms with van der Waals surface area (Å²) in [5, 5.41) is 3.16. The predicted molar refractivity (Wildman–Crippen MR) is 86.0 cm³/mol. The van der Waals surface area contributed by atoms with Crippen LogP contribution in [0.5, 0.6) is 5.75 Å². The van der Waals surface area contributed by atoms with Gasteiger partial charge in [-0.15, -0.1) is 0 Å². The first-order valence-corrected chi connectivity index (χ1v) is 6.70. The number of hydrogen-bond acceptors (Lipinski definition) is 6. The van der Waals surface area contributed by atoms with E-state index in [4.69, 9.17) is 10.5 Å². The van der Waals surface area contributed by atoms with Crippen LogP contribution in [0, 0.1) is 0 Å². The summed E-state index contributed by atoms with van der Waals surface area (Å²) in [5.41, 5.74) is 8.34. The van der Waals surface area contributed by atoms with Gasteiger partial charge in [0.05, 0.1) is 19.0 Å². The first kappa shape index (κ1) is 13.8. The third kappa shape index (κ3) is 2.95. The number of hydrogen-bond donors (Lipinski definition) is 2. The molecule has 6 nitrogen and oxygen atoms in total. The van der Waals surface area contributed by atoms with Crippen molar-refractivity contribution in [2.45, 2.75) is 0 Å². The Morgan fingerprint density at radius 2 is 1.91 bits per heavy atom. The molecule has 3 rings (SSSR count). The fraction of sp³-hybridized carbons (Fsp3) is 0.0625. The van der Waals surface area contributed by atoms with E-state index in [1.165, 1.54) is 0 Å². The van der Waals surface area contributed by atoms with E-state index in [1.54, 1.807) is 25.7 Å². The molecule has 3 aromatic rings. The lowest BCUT2D eigenvalue weighted by Crippen LogP contribution is -2.02. The molecule has 0 saturated carbocycles. The van der Waals surface area contributed by atoms with Crippen LogP contribution < -0.4 is 15.8 Å². The number of nitrogen functional groups attached to an aromatic ring is 1. The molecule has 0 aliphatic heterocycles. The van der Waals surface area contributed by atoms with E-state index in [2.05, 4.69) is 20.3 Å². The van der Waals surface area contributed by atoms with E-state index >= 15 is 0 Å². The van der Waals surface area contributed by atoms with Crippen LogP contribution in [0.15, 0.2) is 55.0 Å². The Hall–Kier alpha value is -3.15. The summed E-state index contributed by atoms with van der Waals surface area (Å²) in [6.45, 7) is 0. The van der Waals surface area contributed by atoms with Crippen LogP contribution >= 0.6 is 0 Å². The van der Waals surface area contributed by atoms with Crippen LogP contribution in [0.2, 0.25) is 0 Å². The minimum atomic E-state index is 0.337. The average molecular weight is 293 g/mol. The molecule has 3 N–H and O–H groups in total. The Bertz CT molecular complexity index is 759. The molecule has 0 atom stereocenters. The predicted octanol–water partition coefficient (Wildman–Crippen LogP) is 2.87. The summed E-state index contributed by atoms with van der Waals surface area (Å²) >= 11 is 0. The largest absolute Gasteiger partial charge is 0.497 e. The molecule has 6 heteroatoms. The maximum absolute atomic E-state index is 5.90. The Labute approximate surface area is 128 Å². The van der Waals surface area contributed by atoms with Gasteiger partial charge in [0.1, 0.15) is 5.75 Å². The molecule has 110 valence electrons. The Morgan fingerprint density at radius 1 is 1.09 bits per heavy atom. The maximum Gasteiger partial charge on any atom is 0.173 e. The number of methoxy groups -OCH3 is 1. The summed E-state index contributed by atoms with van der Waals surface area (Å²) in [6.07, 6.45) is 5.08. The third-order valence-corrected chi connectivity index (χ3v) is 3.11. The summed E-state index contributed by atoms with van der Waals surface area (Å²) in [5.74, 6) is 1.63. The molecule has 0 bridgehead atoms. The fourth-order valence-electron chi connectivity index (χ4n) is 1.95. The number of benzene rings is 1. The maximum atomic E-state index is 5.90. The molecule has 2 aromatic heterocycles. The van der Waals surface area contributed by atoms with E-state index in [0.717, 1.165) is 17.0 Å². The van der Waals surface area contributed by atoms with Gasteiger partial charge in [-0.1, -0.05) is 0 Å². The molecule has 0 radical (unpaired) electrons. The molecule has 0 spiro atoms. The molecule has 0 unspecified atom stereocenters. The zero-order valence-electron chi connectivity index (χ0n) is 12.0. The van der Waals surface area contributed by atoms with Gasteiger partial charge in [-0.05, 0) is 36.4 Å². The number of nitrogens with zero attached hydrogens (tertiary/aromatic N) is 3. The summed E-state index contributed by atoms with van der Waals surface area (Å²) in [4.78, 5) is 12.8. The standard InChI is InChI=1S/C16H15N5O/c1-22-13-6-4-12(5-7-13)20-16-15(17)19-10-14(21-16)11-3-2-8-18-9-11/h2-10H,1H3,(H2,17,19)(H,20,21). The van der Waals surface area contributed by atoms with E-state index in [0.29, 0.717) is 17.3 Å². The van der Waals surface area contributed by atoms with Gasteiger partial charge >= 0.3 is 0 Å². The van der Waals surface area contributed by atoms with Crippen molar-refractivity contribution in [3.63, 3.8) is 0 Å². The summed E-state index contributed by atoms with van der Waals surface area (Å²) in [7, 11) is 1.63. The van der Waals surface area contributed by atoms with Crippen LogP contribution in [0.3, 0.4) is 0 Å². The number of nitrogens with two attached hydrogens (primary N) is 1. The molecule has 0 amide bonds. The van der Waals surface area contributed by atoms with Gasteiger partial charge in [0, 0.05) is 23.6 Å². The molecule has 0 aliphatic carbocycles. The zero-order chi connectivity index (χ0) is 15.4. The Balaban J connectivity index is 1.89. The van der Waals surface area contributed by atoms with Crippen molar-refractivity contribution >= 4 is 17.3 Å². The number of ether oxygens (including phenoxy) is 1. The molecule has 2 heterocycles. The van der Waals surface area contributed by atoms with Gasteiger partial charge in [0.25, 0.3) is 0 Å². The van der Waals surface area contributed by atoms with Crippen molar-refractivity contribution in [3.05, 3.63) is 55.0 Å². The summed E-state index contributed by atoms with van der Waals surface area (Å²) < 4.78 is 5.13. The number of nitrogens with one attached hydrogen (secondary N) is 1. The molecular formula is C16H15N5O. The lowest BCUT2D eigenvalue weighted by atomic mass is 10.2. The monoisotopic (exact) mass is 293 g/mol. The van der Waals surface area contributed by atoms with Crippen molar-refractivity contribution in [2.75, 3.05) is 18.2 Å². The molecule has 22 heavy (non-hydrogen) atoms. The van der Waals surface area contributed by atoms with Crippen LogP contribution in [0.1, 0.15) is 0 Å². The lowest BCUT2D eigenvalue weighted by Gasteiger charge is -2.10. The van der Waals surface area contributed by atoms with Crippen molar-refractivity contribution in [3.8, 4) is 17.0 Å². The van der Waals surface area contributed by atoms with E-state index in [1.807, 2.05) is 36.4 Å². The second-order valence-electron chi connectivity index (χ2n) is 4.58. The number of rotatable bonds is 4. The normalized spacial score (nSPS) is 10.2. The van der Waals surface area contributed by atoms with Crippen molar-refractivity contribution in [1.82, 2.24) is 15.0 Å². The number of pyridine rings is 1. The molecular weight excluding hydrogens is 278 g/mol. The fourth-order valence-corrected chi connectivity index (χ4v) is 1.95. The zero-order valence-corrected chi connectivity index (χ0v) is 12.0. The SMILES string of the molecule is COc1ccc(Nc2nc(-c3cccnc3)cnc2N)cc1. The summed E-state index contributed by atoms with van der Waals surface area (Å²) in [6, 6.07) is 11.3. The van der Waals surface area contributed by atoms with Crippen LogP contribution in [0.4, 0.5) is 17.3 Å². The highest BCUT2D eigenvalue weighted by molar-refractivity contribution is 5.69.